The highest BCUT2D eigenvalue weighted by Gasteiger charge is 2.62. The standard InChI is InChI=1S/C20H32O3/c1-18(23)8-9-19(2)14-6-7-20(3)13(4-5-17(20)22)12(14)10-16(21)15(19)11-18/h12-15,17,22-23H,4-11H2,1-3H3/t12-,13-,14-,15+,17-,18-,19+,20-/m0/s1. The van der Waals surface area contributed by atoms with Gasteiger partial charge in [0.1, 0.15) is 5.78 Å². The second kappa shape index (κ2) is 4.82. The number of fused-ring (bicyclic) bond motifs is 5. The Bertz CT molecular complexity index is 527. The number of carbonyl (C=O) groups is 1. The summed E-state index contributed by atoms with van der Waals surface area (Å²) in [6, 6.07) is 0. The maximum atomic E-state index is 13.0. The van der Waals surface area contributed by atoms with Gasteiger partial charge in [-0.3, -0.25) is 4.79 Å². The molecule has 130 valence electrons. The molecule has 0 spiro atoms. The molecule has 3 heteroatoms. The van der Waals surface area contributed by atoms with E-state index in [9.17, 15) is 15.0 Å². The SMILES string of the molecule is C[C@]1(O)CC[C@@]2(C)[C@H](C1)C(=O)C[C@@H]1[C@@H]2CC[C@]2(C)[C@@H](O)CC[C@@H]12. The van der Waals surface area contributed by atoms with Crippen molar-refractivity contribution >= 4 is 5.78 Å². The minimum absolute atomic E-state index is 0.0325. The topological polar surface area (TPSA) is 57.5 Å². The third kappa shape index (κ3) is 2.12. The Balaban J connectivity index is 1.68. The molecule has 4 fully saturated rings. The van der Waals surface area contributed by atoms with Gasteiger partial charge >= 0.3 is 0 Å². The number of rotatable bonds is 0. The number of carbonyl (C=O) groups excluding carboxylic acids is 1. The van der Waals surface area contributed by atoms with Gasteiger partial charge in [-0.25, -0.2) is 0 Å². The molecule has 0 amide bonds. The average molecular weight is 320 g/mol. The summed E-state index contributed by atoms with van der Waals surface area (Å²) in [5.74, 6) is 2.01. The first kappa shape index (κ1) is 16.1. The maximum Gasteiger partial charge on any atom is 0.136 e. The molecule has 0 aliphatic heterocycles. The van der Waals surface area contributed by atoms with E-state index in [1.165, 1.54) is 0 Å². The predicted octanol–water partition coefficient (Wildman–Crippen LogP) is 3.32. The number of aliphatic hydroxyl groups excluding tert-OH is 1. The van der Waals surface area contributed by atoms with Gasteiger partial charge in [0, 0.05) is 12.3 Å². The van der Waals surface area contributed by atoms with Gasteiger partial charge in [0.2, 0.25) is 0 Å². The third-order valence-corrected chi connectivity index (χ3v) is 8.70. The molecule has 0 aromatic carbocycles. The summed E-state index contributed by atoms with van der Waals surface area (Å²) >= 11 is 0. The zero-order chi connectivity index (χ0) is 16.6. The first-order valence-corrected chi connectivity index (χ1v) is 9.60. The summed E-state index contributed by atoms with van der Waals surface area (Å²) in [4.78, 5) is 13.0. The van der Waals surface area contributed by atoms with Crippen LogP contribution in [0.2, 0.25) is 0 Å². The Morgan fingerprint density at radius 2 is 1.65 bits per heavy atom. The molecule has 4 saturated carbocycles. The molecule has 0 aromatic rings. The fraction of sp³-hybridized carbons (Fsp3) is 0.950. The van der Waals surface area contributed by atoms with Crippen molar-refractivity contribution in [2.24, 2.45) is 34.5 Å². The molecule has 3 nitrogen and oxygen atoms in total. The lowest BCUT2D eigenvalue weighted by molar-refractivity contribution is -0.169. The minimum atomic E-state index is -0.667. The summed E-state index contributed by atoms with van der Waals surface area (Å²) < 4.78 is 0. The smallest absolute Gasteiger partial charge is 0.136 e. The Morgan fingerprint density at radius 1 is 0.957 bits per heavy atom. The summed E-state index contributed by atoms with van der Waals surface area (Å²) in [6.45, 7) is 6.49. The molecule has 0 aromatic heterocycles. The van der Waals surface area contributed by atoms with Crippen LogP contribution in [-0.4, -0.2) is 27.7 Å². The van der Waals surface area contributed by atoms with Crippen LogP contribution in [0.4, 0.5) is 0 Å². The van der Waals surface area contributed by atoms with Crippen LogP contribution in [0.1, 0.15) is 72.1 Å². The minimum Gasteiger partial charge on any atom is -0.393 e. The monoisotopic (exact) mass is 320 g/mol. The third-order valence-electron chi connectivity index (χ3n) is 8.70. The first-order chi connectivity index (χ1) is 10.7. The Kier molecular flexibility index (Phi) is 3.37. The molecule has 0 bridgehead atoms. The van der Waals surface area contributed by atoms with Crippen molar-refractivity contribution in [3.63, 3.8) is 0 Å². The van der Waals surface area contributed by atoms with Crippen LogP contribution in [0.5, 0.6) is 0 Å². The van der Waals surface area contributed by atoms with E-state index in [1.807, 2.05) is 6.92 Å². The number of hydrogen-bond donors (Lipinski definition) is 2. The van der Waals surface area contributed by atoms with Crippen LogP contribution < -0.4 is 0 Å². The highest BCUT2D eigenvalue weighted by Crippen LogP contribution is 2.66. The van der Waals surface area contributed by atoms with Crippen molar-refractivity contribution in [3.8, 4) is 0 Å². The molecule has 4 rings (SSSR count). The van der Waals surface area contributed by atoms with Crippen LogP contribution in [-0.2, 0) is 4.79 Å². The van der Waals surface area contributed by atoms with E-state index in [0.717, 1.165) is 38.5 Å². The molecule has 0 saturated heterocycles. The van der Waals surface area contributed by atoms with Crippen molar-refractivity contribution in [2.75, 3.05) is 0 Å². The molecular formula is C20H32O3. The van der Waals surface area contributed by atoms with E-state index in [-0.39, 0.29) is 22.9 Å². The van der Waals surface area contributed by atoms with E-state index in [2.05, 4.69) is 13.8 Å². The van der Waals surface area contributed by atoms with Gasteiger partial charge in [-0.15, -0.1) is 0 Å². The molecule has 0 radical (unpaired) electrons. The lowest BCUT2D eigenvalue weighted by atomic mass is 9.44. The lowest BCUT2D eigenvalue weighted by Crippen LogP contribution is -2.58. The molecule has 23 heavy (non-hydrogen) atoms. The Hall–Kier alpha value is -0.410. The Labute approximate surface area is 139 Å². The maximum absolute atomic E-state index is 13.0. The lowest BCUT2D eigenvalue weighted by Gasteiger charge is -2.60. The number of Topliss-reactive ketones (excluding diaryl/α,β-unsaturated/α-hetero) is 1. The van der Waals surface area contributed by atoms with Crippen molar-refractivity contribution in [2.45, 2.75) is 83.8 Å². The predicted molar refractivity (Wildman–Crippen MR) is 88.7 cm³/mol. The molecule has 4 aliphatic carbocycles. The number of hydrogen-bond acceptors (Lipinski definition) is 3. The number of ketones is 1. The average Bonchev–Trinajstić information content (AvgIpc) is 2.77. The molecular weight excluding hydrogens is 288 g/mol. The summed E-state index contributed by atoms with van der Waals surface area (Å²) in [6.07, 6.45) is 7.21. The largest absolute Gasteiger partial charge is 0.393 e. The van der Waals surface area contributed by atoms with Gasteiger partial charge in [-0.2, -0.15) is 0 Å². The molecule has 0 heterocycles. The normalized spacial score (nSPS) is 59.2. The second-order valence-corrected chi connectivity index (χ2v) is 9.94. The number of aliphatic hydroxyl groups is 2. The van der Waals surface area contributed by atoms with Gasteiger partial charge in [-0.1, -0.05) is 13.8 Å². The van der Waals surface area contributed by atoms with Gasteiger partial charge in [0.25, 0.3) is 0 Å². The van der Waals surface area contributed by atoms with Crippen LogP contribution in [0.25, 0.3) is 0 Å². The van der Waals surface area contributed by atoms with Gasteiger partial charge in [0.05, 0.1) is 11.7 Å². The molecule has 0 unspecified atom stereocenters. The van der Waals surface area contributed by atoms with Crippen molar-refractivity contribution in [3.05, 3.63) is 0 Å². The van der Waals surface area contributed by atoms with E-state index >= 15 is 0 Å². The van der Waals surface area contributed by atoms with E-state index in [4.69, 9.17) is 0 Å². The van der Waals surface area contributed by atoms with Crippen molar-refractivity contribution < 1.29 is 15.0 Å². The van der Waals surface area contributed by atoms with Gasteiger partial charge < -0.3 is 10.2 Å². The summed E-state index contributed by atoms with van der Waals surface area (Å²) in [5.41, 5.74) is -0.568. The zero-order valence-corrected chi connectivity index (χ0v) is 14.8. The van der Waals surface area contributed by atoms with E-state index < -0.39 is 5.60 Å². The quantitative estimate of drug-likeness (QED) is 0.720. The highest BCUT2D eigenvalue weighted by atomic mass is 16.3. The van der Waals surface area contributed by atoms with Crippen LogP contribution in [0, 0.1) is 34.5 Å². The highest BCUT2D eigenvalue weighted by molar-refractivity contribution is 5.83. The zero-order valence-electron chi connectivity index (χ0n) is 14.8. The van der Waals surface area contributed by atoms with Crippen LogP contribution in [0.3, 0.4) is 0 Å². The summed E-state index contributed by atoms with van der Waals surface area (Å²) in [5, 5.41) is 21.0. The van der Waals surface area contributed by atoms with Crippen molar-refractivity contribution in [1.29, 1.82) is 0 Å². The first-order valence-electron chi connectivity index (χ1n) is 9.60. The van der Waals surface area contributed by atoms with Crippen LogP contribution in [0.15, 0.2) is 0 Å². The van der Waals surface area contributed by atoms with E-state index in [0.29, 0.717) is 36.4 Å². The van der Waals surface area contributed by atoms with E-state index in [1.54, 1.807) is 0 Å². The van der Waals surface area contributed by atoms with Crippen molar-refractivity contribution in [1.82, 2.24) is 0 Å². The fourth-order valence-corrected chi connectivity index (χ4v) is 7.15. The Morgan fingerprint density at radius 3 is 2.39 bits per heavy atom. The second-order valence-electron chi connectivity index (χ2n) is 9.94. The van der Waals surface area contributed by atoms with Crippen LogP contribution >= 0.6 is 0 Å². The van der Waals surface area contributed by atoms with Gasteiger partial charge in [0.15, 0.2) is 0 Å². The summed E-state index contributed by atoms with van der Waals surface area (Å²) in [7, 11) is 0. The fourth-order valence-electron chi connectivity index (χ4n) is 7.15. The molecule has 8 atom stereocenters. The van der Waals surface area contributed by atoms with Gasteiger partial charge in [-0.05, 0) is 80.5 Å². The molecule has 2 N–H and O–H groups in total. The molecule has 4 aliphatic rings.